The molecule has 0 unspecified atom stereocenters. The Morgan fingerprint density at radius 1 is 1.13 bits per heavy atom. The van der Waals surface area contributed by atoms with Crippen molar-refractivity contribution in [1.29, 1.82) is 5.26 Å². The van der Waals surface area contributed by atoms with Crippen LogP contribution in [0.25, 0.3) is 6.08 Å². The highest BCUT2D eigenvalue weighted by Gasteiger charge is 2.23. The maximum absolute atomic E-state index is 12.8. The lowest BCUT2D eigenvalue weighted by Gasteiger charge is -2.14. The van der Waals surface area contributed by atoms with E-state index in [0.717, 1.165) is 10.4 Å². The molecule has 8 nitrogen and oxygen atoms in total. The van der Waals surface area contributed by atoms with Gasteiger partial charge in [0.1, 0.15) is 16.6 Å². The third kappa shape index (κ3) is 4.98. The second kappa shape index (κ2) is 10.5. The van der Waals surface area contributed by atoms with Crippen LogP contribution in [0.1, 0.15) is 33.3 Å². The molecule has 0 saturated carbocycles. The Labute approximate surface area is 185 Å². The largest absolute Gasteiger partial charge is 0.493 e. The molecule has 0 spiro atoms. The zero-order valence-electron chi connectivity index (χ0n) is 18.2. The van der Waals surface area contributed by atoms with E-state index in [1.807, 2.05) is 13.0 Å². The average Bonchev–Trinajstić information content (AvgIpc) is 3.03. The normalized spacial score (nSPS) is 10.8. The summed E-state index contributed by atoms with van der Waals surface area (Å²) in [6, 6.07) is 5.18. The van der Waals surface area contributed by atoms with Crippen molar-refractivity contribution in [2.75, 3.05) is 33.3 Å². The van der Waals surface area contributed by atoms with Gasteiger partial charge in [-0.05, 0) is 44.5 Å². The zero-order valence-corrected chi connectivity index (χ0v) is 19.1. The molecular weight excluding hydrogens is 420 g/mol. The highest BCUT2D eigenvalue weighted by Crippen LogP contribution is 2.40. The first-order valence-corrected chi connectivity index (χ1v) is 10.1. The molecular formula is C22H24N2O6S. The molecule has 164 valence electrons. The molecule has 0 radical (unpaired) electrons. The number of aryl methyl sites for hydroxylation is 1. The summed E-state index contributed by atoms with van der Waals surface area (Å²) in [5.41, 5.74) is 1.29. The van der Waals surface area contributed by atoms with Crippen molar-refractivity contribution < 1.29 is 28.5 Å². The summed E-state index contributed by atoms with van der Waals surface area (Å²) in [7, 11) is 4.40. The lowest BCUT2D eigenvalue weighted by molar-refractivity contribution is -0.112. The van der Waals surface area contributed by atoms with E-state index < -0.39 is 11.9 Å². The van der Waals surface area contributed by atoms with Crippen LogP contribution >= 0.6 is 11.3 Å². The SMILES string of the molecule is CCOC(=O)c1c(NC(=O)/C(C#N)=C/c2ccc(OC)c(OC)c2OC)sc(C)c1C. The summed E-state index contributed by atoms with van der Waals surface area (Å²) >= 11 is 1.25. The van der Waals surface area contributed by atoms with Gasteiger partial charge in [-0.15, -0.1) is 11.3 Å². The van der Waals surface area contributed by atoms with Crippen LogP contribution in [0.4, 0.5) is 5.00 Å². The number of thiophene rings is 1. The number of benzene rings is 1. The molecule has 2 aromatic rings. The van der Waals surface area contributed by atoms with Crippen LogP contribution in [0.5, 0.6) is 17.2 Å². The second-order valence-corrected chi connectivity index (χ2v) is 7.48. The molecule has 0 aliphatic rings. The molecule has 31 heavy (non-hydrogen) atoms. The van der Waals surface area contributed by atoms with Gasteiger partial charge in [-0.1, -0.05) is 0 Å². The molecule has 0 bridgehead atoms. The average molecular weight is 445 g/mol. The van der Waals surface area contributed by atoms with Gasteiger partial charge < -0.3 is 24.3 Å². The Kier molecular flexibility index (Phi) is 8.05. The van der Waals surface area contributed by atoms with Crippen molar-refractivity contribution in [3.63, 3.8) is 0 Å². The van der Waals surface area contributed by atoms with Gasteiger partial charge in [0.25, 0.3) is 5.91 Å². The maximum Gasteiger partial charge on any atom is 0.341 e. The quantitative estimate of drug-likeness (QED) is 0.371. The smallest absolute Gasteiger partial charge is 0.341 e. The lowest BCUT2D eigenvalue weighted by Crippen LogP contribution is -2.16. The van der Waals surface area contributed by atoms with E-state index in [-0.39, 0.29) is 12.2 Å². The number of nitriles is 1. The highest BCUT2D eigenvalue weighted by molar-refractivity contribution is 7.16. The van der Waals surface area contributed by atoms with Crippen LogP contribution in [-0.4, -0.2) is 39.8 Å². The number of anilines is 1. The maximum atomic E-state index is 12.8. The van der Waals surface area contributed by atoms with Crippen LogP contribution in [0.2, 0.25) is 0 Å². The number of nitrogens with one attached hydrogen (secondary N) is 1. The van der Waals surface area contributed by atoms with Gasteiger partial charge in [-0.25, -0.2) is 4.79 Å². The number of methoxy groups -OCH3 is 3. The predicted octanol–water partition coefficient (Wildman–Crippen LogP) is 4.11. The van der Waals surface area contributed by atoms with Crippen LogP contribution in [0.3, 0.4) is 0 Å². The van der Waals surface area contributed by atoms with Crippen molar-refractivity contribution in [1.82, 2.24) is 0 Å². The molecule has 9 heteroatoms. The van der Waals surface area contributed by atoms with Crippen LogP contribution in [0.15, 0.2) is 17.7 Å². The van der Waals surface area contributed by atoms with E-state index in [9.17, 15) is 14.9 Å². The number of carbonyl (C=O) groups excluding carboxylic acids is 2. The summed E-state index contributed by atoms with van der Waals surface area (Å²) in [6.07, 6.45) is 1.38. The summed E-state index contributed by atoms with van der Waals surface area (Å²) in [4.78, 5) is 26.0. The van der Waals surface area contributed by atoms with Gasteiger partial charge in [-0.3, -0.25) is 4.79 Å². The Hall–Kier alpha value is -3.51. The first kappa shape index (κ1) is 23.8. The second-order valence-electron chi connectivity index (χ2n) is 6.26. The van der Waals surface area contributed by atoms with E-state index in [2.05, 4.69) is 5.32 Å². The fourth-order valence-corrected chi connectivity index (χ4v) is 3.92. The van der Waals surface area contributed by atoms with Crippen LogP contribution in [-0.2, 0) is 9.53 Å². The van der Waals surface area contributed by atoms with E-state index >= 15 is 0 Å². The Morgan fingerprint density at radius 2 is 1.81 bits per heavy atom. The standard InChI is InChI=1S/C22H24N2O6S/c1-7-30-22(26)17-12(2)13(3)31-21(17)24-20(25)15(11-23)10-14-8-9-16(27-4)19(29-6)18(14)28-5/h8-10H,7H2,1-6H3,(H,24,25)/b15-10+. The van der Waals surface area contributed by atoms with Crippen LogP contribution < -0.4 is 19.5 Å². The predicted molar refractivity (Wildman–Crippen MR) is 118 cm³/mol. The number of esters is 1. The van der Waals surface area contributed by atoms with E-state index in [1.54, 1.807) is 26.0 Å². The monoisotopic (exact) mass is 444 g/mol. The minimum Gasteiger partial charge on any atom is -0.493 e. The Balaban J connectivity index is 2.45. The lowest BCUT2D eigenvalue weighted by atomic mass is 10.1. The Bertz CT molecular complexity index is 1060. The number of hydrogen-bond acceptors (Lipinski definition) is 8. The third-order valence-corrected chi connectivity index (χ3v) is 5.61. The molecule has 0 aliphatic carbocycles. The minimum absolute atomic E-state index is 0.177. The molecule has 1 N–H and O–H groups in total. The number of carbonyl (C=O) groups is 2. The van der Waals surface area contributed by atoms with Crippen LogP contribution in [0, 0.1) is 25.2 Å². The molecule has 0 saturated heterocycles. The van der Waals surface area contributed by atoms with Crippen molar-refractivity contribution >= 4 is 34.3 Å². The molecule has 1 amide bonds. The molecule has 0 fully saturated rings. The molecule has 1 aromatic carbocycles. The summed E-state index contributed by atoms with van der Waals surface area (Å²) < 4.78 is 21.1. The van der Waals surface area contributed by atoms with Crippen molar-refractivity contribution in [3.8, 4) is 23.3 Å². The van der Waals surface area contributed by atoms with Crippen molar-refractivity contribution in [2.24, 2.45) is 0 Å². The number of hydrogen-bond donors (Lipinski definition) is 1. The minimum atomic E-state index is -0.661. The fraction of sp³-hybridized carbons (Fsp3) is 0.318. The molecule has 1 aromatic heterocycles. The third-order valence-electron chi connectivity index (χ3n) is 4.49. The van der Waals surface area contributed by atoms with Gasteiger partial charge in [0.2, 0.25) is 5.75 Å². The van der Waals surface area contributed by atoms with Gasteiger partial charge in [0.15, 0.2) is 11.5 Å². The Morgan fingerprint density at radius 3 is 2.35 bits per heavy atom. The number of ether oxygens (including phenoxy) is 4. The summed E-state index contributed by atoms with van der Waals surface area (Å²) in [5, 5.41) is 12.6. The topological polar surface area (TPSA) is 107 Å². The molecule has 1 heterocycles. The van der Waals surface area contributed by atoms with Gasteiger partial charge >= 0.3 is 5.97 Å². The summed E-state index contributed by atoms with van der Waals surface area (Å²) in [6.45, 7) is 5.54. The first-order valence-electron chi connectivity index (χ1n) is 9.32. The number of amides is 1. The molecule has 2 rings (SSSR count). The zero-order chi connectivity index (χ0) is 23.1. The number of nitrogens with zero attached hydrogens (tertiary/aromatic N) is 1. The van der Waals surface area contributed by atoms with Crippen molar-refractivity contribution in [3.05, 3.63) is 39.3 Å². The van der Waals surface area contributed by atoms with Crippen molar-refractivity contribution in [2.45, 2.75) is 20.8 Å². The first-order chi connectivity index (χ1) is 14.8. The van der Waals surface area contributed by atoms with Gasteiger partial charge in [0, 0.05) is 10.4 Å². The number of rotatable bonds is 8. The fourth-order valence-electron chi connectivity index (χ4n) is 2.88. The molecule has 0 aliphatic heterocycles. The van der Waals surface area contributed by atoms with Gasteiger partial charge in [-0.2, -0.15) is 5.26 Å². The molecule has 0 atom stereocenters. The summed E-state index contributed by atoms with van der Waals surface area (Å²) in [5.74, 6) is -0.0825. The van der Waals surface area contributed by atoms with Gasteiger partial charge in [0.05, 0.1) is 33.5 Å². The van der Waals surface area contributed by atoms with E-state index in [1.165, 1.54) is 38.7 Å². The highest BCUT2D eigenvalue weighted by atomic mass is 32.1. The van der Waals surface area contributed by atoms with E-state index in [0.29, 0.717) is 33.4 Å². The van der Waals surface area contributed by atoms with E-state index in [4.69, 9.17) is 18.9 Å².